The van der Waals surface area contributed by atoms with E-state index in [1.807, 2.05) is 13.8 Å². The molecular weight excluding hydrogens is 210 g/mol. The summed E-state index contributed by atoms with van der Waals surface area (Å²) in [6.45, 7) is 4.72. The second kappa shape index (κ2) is 4.41. The maximum Gasteiger partial charge on any atom is 0.344 e. The molecule has 92 valence electrons. The first-order valence-corrected chi connectivity index (χ1v) is 5.37. The molecule has 0 aromatic heterocycles. The highest BCUT2D eigenvalue weighted by Crippen LogP contribution is 2.38. The third-order valence-electron chi connectivity index (χ3n) is 2.76. The number of ether oxygens (including phenoxy) is 2. The van der Waals surface area contributed by atoms with E-state index in [4.69, 9.17) is 10.5 Å². The van der Waals surface area contributed by atoms with E-state index in [9.17, 15) is 9.59 Å². The van der Waals surface area contributed by atoms with Crippen LogP contribution >= 0.6 is 0 Å². The van der Waals surface area contributed by atoms with Crippen LogP contribution in [0.2, 0.25) is 0 Å². The van der Waals surface area contributed by atoms with E-state index in [1.54, 1.807) is 0 Å². The standard InChI is InChI=1S/C11H19NO4/c1-8(13)15-6-9(14)16-11(3)5-4-10(2,12)7-11/h4-7,12H2,1-3H3. The molecule has 1 saturated carbocycles. The van der Waals surface area contributed by atoms with Crippen LogP contribution in [-0.4, -0.2) is 29.7 Å². The second-order valence-electron chi connectivity index (χ2n) is 5.04. The fraction of sp³-hybridized carbons (Fsp3) is 0.818. The summed E-state index contributed by atoms with van der Waals surface area (Å²) < 4.78 is 9.85. The number of hydrogen-bond acceptors (Lipinski definition) is 5. The summed E-state index contributed by atoms with van der Waals surface area (Å²) in [7, 11) is 0. The highest BCUT2D eigenvalue weighted by Gasteiger charge is 2.43. The van der Waals surface area contributed by atoms with Crippen LogP contribution < -0.4 is 5.73 Å². The van der Waals surface area contributed by atoms with E-state index in [1.165, 1.54) is 6.92 Å². The molecule has 5 nitrogen and oxygen atoms in total. The number of hydrogen-bond donors (Lipinski definition) is 1. The van der Waals surface area contributed by atoms with E-state index < -0.39 is 17.5 Å². The number of nitrogens with two attached hydrogens (primary N) is 1. The maximum absolute atomic E-state index is 11.4. The van der Waals surface area contributed by atoms with Gasteiger partial charge >= 0.3 is 11.9 Å². The fourth-order valence-corrected chi connectivity index (χ4v) is 2.13. The van der Waals surface area contributed by atoms with Crippen LogP contribution in [0.4, 0.5) is 0 Å². The quantitative estimate of drug-likeness (QED) is 0.722. The van der Waals surface area contributed by atoms with Crippen molar-refractivity contribution in [3.63, 3.8) is 0 Å². The van der Waals surface area contributed by atoms with Gasteiger partial charge in [-0.1, -0.05) is 0 Å². The van der Waals surface area contributed by atoms with Gasteiger partial charge in [0.15, 0.2) is 6.61 Å². The Morgan fingerprint density at radius 1 is 1.31 bits per heavy atom. The number of carbonyl (C=O) groups is 2. The minimum Gasteiger partial charge on any atom is -0.457 e. The van der Waals surface area contributed by atoms with Crippen molar-refractivity contribution in [2.24, 2.45) is 5.73 Å². The maximum atomic E-state index is 11.4. The van der Waals surface area contributed by atoms with Crippen LogP contribution in [-0.2, 0) is 19.1 Å². The lowest BCUT2D eigenvalue weighted by Crippen LogP contribution is -2.38. The highest BCUT2D eigenvalue weighted by atomic mass is 16.6. The van der Waals surface area contributed by atoms with Gasteiger partial charge in [0.1, 0.15) is 5.60 Å². The van der Waals surface area contributed by atoms with Gasteiger partial charge < -0.3 is 15.2 Å². The monoisotopic (exact) mass is 229 g/mol. The van der Waals surface area contributed by atoms with Crippen molar-refractivity contribution >= 4 is 11.9 Å². The molecule has 1 rings (SSSR count). The SMILES string of the molecule is CC(=O)OCC(=O)OC1(C)CCC(C)(N)C1. The molecule has 0 saturated heterocycles. The molecule has 0 aliphatic heterocycles. The van der Waals surface area contributed by atoms with Crippen LogP contribution in [0.1, 0.15) is 40.0 Å². The summed E-state index contributed by atoms with van der Waals surface area (Å²) in [6.07, 6.45) is 2.20. The first-order valence-electron chi connectivity index (χ1n) is 5.37. The van der Waals surface area contributed by atoms with Gasteiger partial charge in [-0.2, -0.15) is 0 Å². The molecule has 1 fully saturated rings. The topological polar surface area (TPSA) is 78.6 Å². The first-order chi connectivity index (χ1) is 7.22. The predicted octanol–water partition coefficient (Wildman–Crippen LogP) is 0.753. The lowest BCUT2D eigenvalue weighted by Gasteiger charge is -2.26. The van der Waals surface area contributed by atoms with Gasteiger partial charge in [0, 0.05) is 18.9 Å². The average Bonchev–Trinajstić information content (AvgIpc) is 2.37. The number of carbonyl (C=O) groups excluding carboxylic acids is 2. The lowest BCUT2D eigenvalue weighted by molar-refractivity contribution is -0.168. The van der Waals surface area contributed by atoms with E-state index in [0.29, 0.717) is 6.42 Å². The van der Waals surface area contributed by atoms with Crippen molar-refractivity contribution in [2.45, 2.75) is 51.2 Å². The smallest absolute Gasteiger partial charge is 0.344 e. The van der Waals surface area contributed by atoms with Gasteiger partial charge in [-0.05, 0) is 26.7 Å². The summed E-state index contributed by atoms with van der Waals surface area (Å²) in [6, 6.07) is 0. The molecule has 2 unspecified atom stereocenters. The van der Waals surface area contributed by atoms with E-state index in [-0.39, 0.29) is 12.1 Å². The van der Waals surface area contributed by atoms with Gasteiger partial charge in [0.05, 0.1) is 0 Å². The van der Waals surface area contributed by atoms with Crippen molar-refractivity contribution in [3.8, 4) is 0 Å². The molecule has 0 aromatic carbocycles. The molecular formula is C11H19NO4. The van der Waals surface area contributed by atoms with Crippen LogP contribution in [0.15, 0.2) is 0 Å². The molecule has 1 aliphatic carbocycles. The Hall–Kier alpha value is -1.10. The lowest BCUT2D eigenvalue weighted by atomic mass is 9.98. The largest absolute Gasteiger partial charge is 0.457 e. The van der Waals surface area contributed by atoms with E-state index in [2.05, 4.69) is 4.74 Å². The molecule has 16 heavy (non-hydrogen) atoms. The van der Waals surface area contributed by atoms with Crippen molar-refractivity contribution in [2.75, 3.05) is 6.61 Å². The Morgan fingerprint density at radius 3 is 2.38 bits per heavy atom. The van der Waals surface area contributed by atoms with Gasteiger partial charge in [-0.25, -0.2) is 4.79 Å². The zero-order valence-electron chi connectivity index (χ0n) is 10.0. The molecule has 0 spiro atoms. The van der Waals surface area contributed by atoms with Gasteiger partial charge in [0.25, 0.3) is 0 Å². The molecule has 0 aromatic rings. The Balaban J connectivity index is 2.42. The fourth-order valence-electron chi connectivity index (χ4n) is 2.13. The Kier molecular flexibility index (Phi) is 3.57. The molecule has 2 atom stereocenters. The van der Waals surface area contributed by atoms with E-state index in [0.717, 1.165) is 12.8 Å². The normalized spacial score (nSPS) is 33.5. The van der Waals surface area contributed by atoms with Gasteiger partial charge in [-0.15, -0.1) is 0 Å². The van der Waals surface area contributed by atoms with Crippen LogP contribution in [0, 0.1) is 0 Å². The summed E-state index contributed by atoms with van der Waals surface area (Å²) in [5.74, 6) is -1.01. The van der Waals surface area contributed by atoms with Crippen LogP contribution in [0.3, 0.4) is 0 Å². The zero-order valence-corrected chi connectivity index (χ0v) is 10.0. The summed E-state index contributed by atoms with van der Waals surface area (Å²) in [4.78, 5) is 21.9. The van der Waals surface area contributed by atoms with Crippen molar-refractivity contribution < 1.29 is 19.1 Å². The van der Waals surface area contributed by atoms with Crippen molar-refractivity contribution in [3.05, 3.63) is 0 Å². The van der Waals surface area contributed by atoms with E-state index >= 15 is 0 Å². The molecule has 0 bridgehead atoms. The first kappa shape index (κ1) is 13.0. The third kappa shape index (κ3) is 3.81. The molecule has 0 radical (unpaired) electrons. The molecule has 5 heteroatoms. The second-order valence-corrected chi connectivity index (χ2v) is 5.04. The molecule has 0 heterocycles. The van der Waals surface area contributed by atoms with Crippen LogP contribution in [0.25, 0.3) is 0 Å². The number of rotatable bonds is 3. The summed E-state index contributed by atoms with van der Waals surface area (Å²) in [5.41, 5.74) is 5.17. The van der Waals surface area contributed by atoms with Gasteiger partial charge in [-0.3, -0.25) is 4.79 Å². The zero-order chi connectivity index (χ0) is 12.4. The van der Waals surface area contributed by atoms with Crippen molar-refractivity contribution in [1.29, 1.82) is 0 Å². The highest BCUT2D eigenvalue weighted by molar-refractivity contribution is 5.75. The van der Waals surface area contributed by atoms with Crippen LogP contribution in [0.5, 0.6) is 0 Å². The molecule has 2 N–H and O–H groups in total. The molecule has 0 amide bonds. The Labute approximate surface area is 95.3 Å². The summed E-state index contributed by atoms with van der Waals surface area (Å²) in [5, 5.41) is 0. The van der Waals surface area contributed by atoms with Gasteiger partial charge in [0.2, 0.25) is 0 Å². The minimum atomic E-state index is -0.527. The third-order valence-corrected chi connectivity index (χ3v) is 2.76. The minimum absolute atomic E-state index is 0.281. The summed E-state index contributed by atoms with van der Waals surface area (Å²) >= 11 is 0. The molecule has 1 aliphatic rings. The Bertz CT molecular complexity index is 300. The predicted molar refractivity (Wildman–Crippen MR) is 57.6 cm³/mol. The van der Waals surface area contributed by atoms with Crippen molar-refractivity contribution in [1.82, 2.24) is 0 Å². The number of esters is 2. The Morgan fingerprint density at radius 2 is 1.94 bits per heavy atom. The average molecular weight is 229 g/mol.